The van der Waals surface area contributed by atoms with Gasteiger partial charge in [-0.05, 0) is 36.9 Å². The van der Waals surface area contributed by atoms with Gasteiger partial charge in [0, 0.05) is 0 Å². The standard InChI is InChI=1S/C18H30N4O9S2/c1-32-5-3-9(19)15(27)21-11(7-13(23)24)17(29)22-12(8-14(25)26)16(28)20-10(18(30)31)4-6-33-2/h9-12H,3-8,19H2,1-2H3,(H,20,28)(H,21,27)(H,22,29)(H,23,24)(H,25,26)(H,30,31). The van der Waals surface area contributed by atoms with Crippen LogP contribution in [0.15, 0.2) is 0 Å². The molecule has 0 heterocycles. The van der Waals surface area contributed by atoms with Gasteiger partial charge in [-0.3, -0.25) is 24.0 Å². The number of hydrogen-bond acceptors (Lipinski definition) is 9. The summed E-state index contributed by atoms with van der Waals surface area (Å²) in [5.74, 6) is -6.28. The predicted octanol–water partition coefficient (Wildman–Crippen LogP) is -1.69. The Bertz CT molecular complexity index is 723. The summed E-state index contributed by atoms with van der Waals surface area (Å²) >= 11 is 2.78. The van der Waals surface area contributed by atoms with E-state index in [1.807, 2.05) is 0 Å². The molecule has 0 aromatic carbocycles. The van der Waals surface area contributed by atoms with Crippen LogP contribution in [0.1, 0.15) is 25.7 Å². The van der Waals surface area contributed by atoms with Gasteiger partial charge in [0.2, 0.25) is 17.7 Å². The van der Waals surface area contributed by atoms with Gasteiger partial charge >= 0.3 is 17.9 Å². The normalized spacial score (nSPS) is 14.3. The van der Waals surface area contributed by atoms with Crippen LogP contribution in [0, 0.1) is 0 Å². The van der Waals surface area contributed by atoms with Crippen LogP contribution in [-0.2, 0) is 28.8 Å². The number of rotatable bonds is 17. The number of carboxylic acids is 3. The number of nitrogens with two attached hydrogens (primary N) is 1. The largest absolute Gasteiger partial charge is 0.481 e. The van der Waals surface area contributed by atoms with Crippen molar-refractivity contribution < 1.29 is 44.1 Å². The number of hydrogen-bond donors (Lipinski definition) is 7. The molecule has 15 heteroatoms. The molecule has 0 rings (SSSR count). The summed E-state index contributed by atoms with van der Waals surface area (Å²) < 4.78 is 0. The van der Waals surface area contributed by atoms with Crippen LogP contribution in [0.5, 0.6) is 0 Å². The lowest BCUT2D eigenvalue weighted by molar-refractivity contribution is -0.145. The first-order valence-corrected chi connectivity index (χ1v) is 12.5. The van der Waals surface area contributed by atoms with Crippen molar-refractivity contribution in [2.75, 3.05) is 24.0 Å². The van der Waals surface area contributed by atoms with Crippen LogP contribution in [0.3, 0.4) is 0 Å². The molecule has 3 amide bonds. The van der Waals surface area contributed by atoms with E-state index < -0.39 is 72.6 Å². The minimum Gasteiger partial charge on any atom is -0.481 e. The summed E-state index contributed by atoms with van der Waals surface area (Å²) in [5, 5.41) is 33.8. The van der Waals surface area contributed by atoms with Gasteiger partial charge in [-0.2, -0.15) is 23.5 Å². The van der Waals surface area contributed by atoms with E-state index >= 15 is 0 Å². The van der Waals surface area contributed by atoms with Gasteiger partial charge in [-0.1, -0.05) is 0 Å². The molecular weight excluding hydrogens is 480 g/mol. The molecular formula is C18H30N4O9S2. The monoisotopic (exact) mass is 510 g/mol. The highest BCUT2D eigenvalue weighted by Gasteiger charge is 2.32. The van der Waals surface area contributed by atoms with Crippen molar-refractivity contribution in [1.82, 2.24) is 16.0 Å². The van der Waals surface area contributed by atoms with Crippen LogP contribution < -0.4 is 21.7 Å². The highest BCUT2D eigenvalue weighted by atomic mass is 32.2. The fourth-order valence-corrected chi connectivity index (χ4v) is 3.42. The maximum Gasteiger partial charge on any atom is 0.326 e. The Morgan fingerprint density at radius 3 is 1.48 bits per heavy atom. The van der Waals surface area contributed by atoms with Crippen molar-refractivity contribution in [3.63, 3.8) is 0 Å². The molecule has 0 bridgehead atoms. The van der Waals surface area contributed by atoms with Gasteiger partial charge in [-0.25, -0.2) is 4.79 Å². The second kappa shape index (κ2) is 16.1. The second-order valence-corrected chi connectivity index (χ2v) is 8.86. The van der Waals surface area contributed by atoms with E-state index in [0.717, 1.165) is 0 Å². The molecule has 8 N–H and O–H groups in total. The first-order valence-electron chi connectivity index (χ1n) is 9.73. The van der Waals surface area contributed by atoms with E-state index in [1.165, 1.54) is 23.5 Å². The van der Waals surface area contributed by atoms with Crippen LogP contribution >= 0.6 is 23.5 Å². The van der Waals surface area contributed by atoms with Crippen LogP contribution in [-0.4, -0.2) is 99.1 Å². The summed E-state index contributed by atoms with van der Waals surface area (Å²) in [6, 6.07) is -5.66. The molecule has 13 nitrogen and oxygen atoms in total. The topological polar surface area (TPSA) is 225 Å². The quantitative estimate of drug-likeness (QED) is 0.116. The number of aliphatic carboxylic acids is 3. The van der Waals surface area contributed by atoms with E-state index in [9.17, 15) is 33.9 Å². The minimum absolute atomic E-state index is 0.0572. The van der Waals surface area contributed by atoms with Crippen LogP contribution in [0.4, 0.5) is 0 Å². The lowest BCUT2D eigenvalue weighted by Gasteiger charge is -2.24. The molecule has 0 spiro atoms. The third-order valence-electron chi connectivity index (χ3n) is 4.22. The van der Waals surface area contributed by atoms with E-state index in [0.29, 0.717) is 11.5 Å². The Labute approximate surface area is 199 Å². The Morgan fingerprint density at radius 1 is 0.697 bits per heavy atom. The van der Waals surface area contributed by atoms with E-state index in [1.54, 1.807) is 12.5 Å². The number of amides is 3. The Kier molecular flexibility index (Phi) is 14.9. The van der Waals surface area contributed by atoms with Gasteiger partial charge < -0.3 is 37.0 Å². The number of carbonyl (C=O) groups is 6. The van der Waals surface area contributed by atoms with E-state index in [4.69, 9.17) is 15.9 Å². The zero-order valence-corrected chi connectivity index (χ0v) is 19.9. The first kappa shape index (κ1) is 30.5. The number of thioether (sulfide) groups is 2. The number of carbonyl (C=O) groups excluding carboxylic acids is 3. The van der Waals surface area contributed by atoms with Gasteiger partial charge in [0.1, 0.15) is 18.1 Å². The molecule has 33 heavy (non-hydrogen) atoms. The maximum atomic E-state index is 12.6. The van der Waals surface area contributed by atoms with Gasteiger partial charge in [0.15, 0.2) is 0 Å². The fourth-order valence-electron chi connectivity index (χ4n) is 2.46. The summed E-state index contributed by atoms with van der Waals surface area (Å²) in [6.07, 6.45) is 2.12. The maximum absolute atomic E-state index is 12.6. The van der Waals surface area contributed by atoms with Crippen LogP contribution in [0.2, 0.25) is 0 Å². The lowest BCUT2D eigenvalue weighted by atomic mass is 10.1. The molecule has 0 saturated heterocycles. The third-order valence-corrected chi connectivity index (χ3v) is 5.51. The number of nitrogens with one attached hydrogen (secondary N) is 3. The molecule has 4 unspecified atom stereocenters. The fraction of sp³-hybridized carbons (Fsp3) is 0.667. The van der Waals surface area contributed by atoms with E-state index in [-0.39, 0.29) is 12.8 Å². The summed E-state index contributed by atoms with van der Waals surface area (Å²) in [7, 11) is 0. The average Bonchev–Trinajstić information content (AvgIpc) is 2.72. The molecule has 0 radical (unpaired) electrons. The number of carboxylic acid groups (broad SMARTS) is 3. The molecule has 0 aromatic rings. The molecule has 0 aliphatic rings. The highest BCUT2D eigenvalue weighted by Crippen LogP contribution is 2.05. The zero-order valence-electron chi connectivity index (χ0n) is 18.2. The highest BCUT2D eigenvalue weighted by molar-refractivity contribution is 7.98. The van der Waals surface area contributed by atoms with Gasteiger partial charge in [0.05, 0.1) is 18.9 Å². The lowest BCUT2D eigenvalue weighted by Crippen LogP contribution is -2.58. The second-order valence-electron chi connectivity index (χ2n) is 6.89. The molecule has 0 fully saturated rings. The predicted molar refractivity (Wildman–Crippen MR) is 122 cm³/mol. The summed E-state index contributed by atoms with van der Waals surface area (Å²) in [5.41, 5.74) is 5.72. The Balaban J connectivity index is 5.46. The van der Waals surface area contributed by atoms with Gasteiger partial charge in [0.25, 0.3) is 0 Å². The summed E-state index contributed by atoms with van der Waals surface area (Å²) in [6.45, 7) is 0. The molecule has 0 aliphatic carbocycles. The van der Waals surface area contributed by atoms with Crippen molar-refractivity contribution in [3.05, 3.63) is 0 Å². The van der Waals surface area contributed by atoms with E-state index in [2.05, 4.69) is 16.0 Å². The van der Waals surface area contributed by atoms with Crippen molar-refractivity contribution in [2.45, 2.75) is 49.9 Å². The molecule has 4 atom stereocenters. The Morgan fingerprint density at radius 2 is 1.09 bits per heavy atom. The Hall–Kier alpha value is -2.52. The molecule has 0 aromatic heterocycles. The molecule has 188 valence electrons. The third kappa shape index (κ3) is 12.9. The molecule has 0 saturated carbocycles. The van der Waals surface area contributed by atoms with Crippen molar-refractivity contribution >= 4 is 59.2 Å². The van der Waals surface area contributed by atoms with Crippen molar-refractivity contribution in [1.29, 1.82) is 0 Å². The average molecular weight is 511 g/mol. The summed E-state index contributed by atoms with van der Waals surface area (Å²) in [4.78, 5) is 71.0. The molecule has 0 aliphatic heterocycles. The van der Waals surface area contributed by atoms with Gasteiger partial charge in [-0.15, -0.1) is 0 Å². The zero-order chi connectivity index (χ0) is 25.6. The van der Waals surface area contributed by atoms with Crippen molar-refractivity contribution in [3.8, 4) is 0 Å². The SMILES string of the molecule is CSCCC(N)C(=O)NC(CC(=O)O)C(=O)NC(CC(=O)O)C(=O)NC(CCSC)C(=O)O. The minimum atomic E-state index is -1.70. The first-order chi connectivity index (χ1) is 15.4. The van der Waals surface area contributed by atoms with Crippen LogP contribution in [0.25, 0.3) is 0 Å². The smallest absolute Gasteiger partial charge is 0.326 e. The van der Waals surface area contributed by atoms with Crippen molar-refractivity contribution in [2.24, 2.45) is 5.73 Å².